The van der Waals surface area contributed by atoms with Crippen LogP contribution in [0.25, 0.3) is 0 Å². The van der Waals surface area contributed by atoms with Gasteiger partial charge in [0.25, 0.3) is 0 Å². The van der Waals surface area contributed by atoms with Gasteiger partial charge in [-0.2, -0.15) is 0 Å². The van der Waals surface area contributed by atoms with Crippen LogP contribution in [-0.2, 0) is 4.74 Å². The van der Waals surface area contributed by atoms with Gasteiger partial charge in [0, 0.05) is 7.11 Å². The summed E-state index contributed by atoms with van der Waals surface area (Å²) in [5, 5.41) is 0. The second-order valence-electron chi connectivity index (χ2n) is 2.14. The van der Waals surface area contributed by atoms with E-state index in [1.807, 2.05) is 0 Å². The Morgan fingerprint density at radius 1 is 1.44 bits per heavy atom. The molecule has 0 saturated heterocycles. The summed E-state index contributed by atoms with van der Waals surface area (Å²) in [4.78, 5) is 0. The molecule has 0 rings (SSSR count). The monoisotopic (exact) mass is 128 g/mol. The molecule has 2 radical (unpaired) electrons. The average molecular weight is 128 g/mol. The quantitative estimate of drug-likeness (QED) is 0.551. The maximum atomic E-state index is 5.11. The summed E-state index contributed by atoms with van der Waals surface area (Å²) in [6.07, 6.45) is 4.47. The molecule has 0 amide bonds. The lowest BCUT2D eigenvalue weighted by molar-refractivity contribution is 0.0956. The van der Waals surface area contributed by atoms with Crippen LogP contribution < -0.4 is 0 Å². The summed E-state index contributed by atoms with van der Waals surface area (Å²) in [6.45, 7) is 7.51. The van der Waals surface area contributed by atoms with Crippen molar-refractivity contribution >= 4 is 0 Å². The first-order valence-electron chi connectivity index (χ1n) is 3.46. The fourth-order valence-electron chi connectivity index (χ4n) is 0.752. The van der Waals surface area contributed by atoms with Crippen LogP contribution in [0.15, 0.2) is 0 Å². The topological polar surface area (TPSA) is 9.23 Å². The van der Waals surface area contributed by atoms with E-state index in [1.165, 1.54) is 0 Å². The molecule has 0 aromatic carbocycles. The molecule has 1 atom stereocenters. The van der Waals surface area contributed by atoms with Gasteiger partial charge in [-0.1, -0.05) is 26.7 Å². The molecule has 0 aliphatic carbocycles. The van der Waals surface area contributed by atoms with Gasteiger partial charge in [0.15, 0.2) is 0 Å². The molecule has 0 N–H and O–H groups in total. The normalized spacial score (nSPS) is 13.7. The van der Waals surface area contributed by atoms with Gasteiger partial charge in [-0.05, 0) is 12.8 Å². The van der Waals surface area contributed by atoms with E-state index in [0.717, 1.165) is 25.7 Å². The van der Waals surface area contributed by atoms with Crippen LogP contribution in [0.2, 0.25) is 0 Å². The van der Waals surface area contributed by atoms with Gasteiger partial charge >= 0.3 is 0 Å². The fraction of sp³-hybridized carbons (Fsp3) is 0.750. The summed E-state index contributed by atoms with van der Waals surface area (Å²) in [7, 11) is 1.74. The van der Waals surface area contributed by atoms with Gasteiger partial charge in [-0.25, -0.2) is 0 Å². The molecule has 1 unspecified atom stereocenters. The highest BCUT2D eigenvalue weighted by molar-refractivity contribution is 4.58. The Labute approximate surface area is 58.4 Å². The second kappa shape index (κ2) is 6.09. The van der Waals surface area contributed by atoms with Crippen molar-refractivity contribution in [1.29, 1.82) is 0 Å². The van der Waals surface area contributed by atoms with E-state index in [0.29, 0.717) is 6.10 Å². The molecule has 0 fully saturated rings. The van der Waals surface area contributed by atoms with Crippen LogP contribution in [0.1, 0.15) is 25.7 Å². The Hall–Kier alpha value is -0.0400. The zero-order valence-electron chi connectivity index (χ0n) is 6.23. The van der Waals surface area contributed by atoms with Crippen molar-refractivity contribution in [2.75, 3.05) is 7.11 Å². The van der Waals surface area contributed by atoms with Gasteiger partial charge in [-0.3, -0.25) is 0 Å². The van der Waals surface area contributed by atoms with Crippen molar-refractivity contribution in [1.82, 2.24) is 0 Å². The molecule has 0 spiro atoms. The Bertz CT molecular complexity index is 48.5. The van der Waals surface area contributed by atoms with Crippen molar-refractivity contribution in [2.45, 2.75) is 31.8 Å². The van der Waals surface area contributed by atoms with Crippen molar-refractivity contribution < 1.29 is 4.74 Å². The number of hydrogen-bond acceptors (Lipinski definition) is 1. The number of hydrogen-bond donors (Lipinski definition) is 0. The minimum atomic E-state index is 0.353. The zero-order chi connectivity index (χ0) is 7.11. The highest BCUT2D eigenvalue weighted by Crippen LogP contribution is 2.05. The van der Waals surface area contributed by atoms with Crippen LogP contribution >= 0.6 is 0 Å². The molecule has 0 heterocycles. The van der Waals surface area contributed by atoms with E-state index in [-0.39, 0.29) is 0 Å². The van der Waals surface area contributed by atoms with Crippen LogP contribution in [0.5, 0.6) is 0 Å². The van der Waals surface area contributed by atoms with Crippen molar-refractivity contribution in [3.63, 3.8) is 0 Å². The lowest BCUT2D eigenvalue weighted by Gasteiger charge is -2.10. The molecule has 1 nitrogen and oxygen atoms in total. The first-order chi connectivity index (χ1) is 4.35. The Morgan fingerprint density at radius 2 is 2.11 bits per heavy atom. The van der Waals surface area contributed by atoms with Gasteiger partial charge in [0.2, 0.25) is 0 Å². The van der Waals surface area contributed by atoms with Crippen LogP contribution in [0.3, 0.4) is 0 Å². The van der Waals surface area contributed by atoms with E-state index in [2.05, 4.69) is 13.8 Å². The molecule has 0 aromatic rings. The third-order valence-corrected chi connectivity index (χ3v) is 1.43. The van der Waals surface area contributed by atoms with E-state index in [1.54, 1.807) is 7.11 Å². The molecular weight excluding hydrogens is 112 g/mol. The van der Waals surface area contributed by atoms with Gasteiger partial charge < -0.3 is 4.74 Å². The highest BCUT2D eigenvalue weighted by atomic mass is 16.5. The van der Waals surface area contributed by atoms with Crippen LogP contribution in [0, 0.1) is 13.8 Å². The first kappa shape index (κ1) is 8.96. The molecule has 1 heteroatoms. The number of rotatable bonds is 5. The average Bonchev–Trinajstić information content (AvgIpc) is 1.91. The minimum Gasteiger partial charge on any atom is -0.381 e. The smallest absolute Gasteiger partial charge is 0.0571 e. The first-order valence-corrected chi connectivity index (χ1v) is 3.46. The van der Waals surface area contributed by atoms with E-state index in [9.17, 15) is 0 Å². The van der Waals surface area contributed by atoms with Gasteiger partial charge in [0.05, 0.1) is 6.10 Å². The SMILES string of the molecule is [CH2]CCCC(C[CH2])OC. The summed E-state index contributed by atoms with van der Waals surface area (Å²) in [5.74, 6) is 0. The maximum Gasteiger partial charge on any atom is 0.0571 e. The van der Waals surface area contributed by atoms with E-state index in [4.69, 9.17) is 4.74 Å². The number of unbranched alkanes of at least 4 members (excludes halogenated alkanes) is 1. The number of methoxy groups -OCH3 is 1. The predicted octanol–water partition coefficient (Wildman–Crippen LogP) is 2.23. The third-order valence-electron chi connectivity index (χ3n) is 1.43. The largest absolute Gasteiger partial charge is 0.381 e. The third kappa shape index (κ3) is 4.46. The molecule has 0 aliphatic rings. The van der Waals surface area contributed by atoms with Crippen LogP contribution in [0.4, 0.5) is 0 Å². The van der Waals surface area contributed by atoms with Crippen molar-refractivity contribution in [3.8, 4) is 0 Å². The Balaban J connectivity index is 3.09. The predicted molar refractivity (Wildman–Crippen MR) is 40.0 cm³/mol. The van der Waals surface area contributed by atoms with E-state index < -0.39 is 0 Å². The maximum absolute atomic E-state index is 5.11. The molecule has 54 valence electrons. The highest BCUT2D eigenvalue weighted by Gasteiger charge is 2.00. The molecule has 0 aliphatic heterocycles. The molecular formula is C8H16O. The van der Waals surface area contributed by atoms with Crippen LogP contribution in [-0.4, -0.2) is 13.2 Å². The summed E-state index contributed by atoms with van der Waals surface area (Å²) in [6, 6.07) is 0. The van der Waals surface area contributed by atoms with E-state index >= 15 is 0 Å². The summed E-state index contributed by atoms with van der Waals surface area (Å²) < 4.78 is 5.11. The molecule has 0 bridgehead atoms. The fourth-order valence-corrected chi connectivity index (χ4v) is 0.752. The lowest BCUT2D eigenvalue weighted by atomic mass is 10.1. The van der Waals surface area contributed by atoms with Gasteiger partial charge in [-0.15, -0.1) is 0 Å². The second-order valence-corrected chi connectivity index (χ2v) is 2.14. The standard InChI is InChI=1S/C8H16O/c1-4-6-7-8(5-2)9-3/h8H,1-2,4-7H2,3H3. The van der Waals surface area contributed by atoms with Crippen molar-refractivity contribution in [2.24, 2.45) is 0 Å². The Kier molecular flexibility index (Phi) is 6.06. The molecule has 0 aromatic heterocycles. The van der Waals surface area contributed by atoms with Crippen molar-refractivity contribution in [3.05, 3.63) is 13.8 Å². The number of ether oxygens (including phenoxy) is 1. The van der Waals surface area contributed by atoms with Gasteiger partial charge in [0.1, 0.15) is 0 Å². The minimum absolute atomic E-state index is 0.353. The summed E-state index contributed by atoms with van der Waals surface area (Å²) in [5.41, 5.74) is 0. The Morgan fingerprint density at radius 3 is 2.44 bits per heavy atom. The lowest BCUT2D eigenvalue weighted by Crippen LogP contribution is -2.07. The summed E-state index contributed by atoms with van der Waals surface area (Å²) >= 11 is 0. The molecule has 0 saturated carbocycles. The zero-order valence-corrected chi connectivity index (χ0v) is 6.23. The molecule has 9 heavy (non-hydrogen) atoms.